The van der Waals surface area contributed by atoms with Crippen LogP contribution in [-0.2, 0) is 13.6 Å². The first-order valence-corrected chi connectivity index (χ1v) is 6.67. The summed E-state index contributed by atoms with van der Waals surface area (Å²) >= 11 is 0. The fourth-order valence-corrected chi connectivity index (χ4v) is 2.80. The Kier molecular flexibility index (Phi) is 3.52. The van der Waals surface area contributed by atoms with Crippen LogP contribution in [0.15, 0.2) is 29.4 Å². The lowest BCUT2D eigenvalue weighted by Gasteiger charge is -2.12. The van der Waals surface area contributed by atoms with Gasteiger partial charge < -0.3 is 13.5 Å². The van der Waals surface area contributed by atoms with Crippen LogP contribution < -0.4 is 5.44 Å². The number of nitrogens with one attached hydrogen (secondary N) is 1. The first kappa shape index (κ1) is 12.8. The summed E-state index contributed by atoms with van der Waals surface area (Å²) in [7, 11) is -0.810. The SMILES string of the molecule is C=Cc1n[nH]c(P(=O)(OC)OC)c1-c1ccco1. The van der Waals surface area contributed by atoms with E-state index in [1.165, 1.54) is 26.6 Å². The summed E-state index contributed by atoms with van der Waals surface area (Å²) in [4.78, 5) is 0. The molecule has 0 aromatic carbocycles. The minimum Gasteiger partial charge on any atom is -0.464 e. The second kappa shape index (κ2) is 4.94. The van der Waals surface area contributed by atoms with E-state index < -0.39 is 7.60 Å². The van der Waals surface area contributed by atoms with Gasteiger partial charge >= 0.3 is 7.60 Å². The zero-order chi connectivity index (χ0) is 13.2. The summed E-state index contributed by atoms with van der Waals surface area (Å²) in [5, 5.41) is 6.68. The van der Waals surface area contributed by atoms with E-state index in [1.54, 1.807) is 12.1 Å². The first-order chi connectivity index (χ1) is 8.66. The molecule has 2 rings (SSSR count). The predicted octanol–water partition coefficient (Wildman–Crippen LogP) is 2.42. The van der Waals surface area contributed by atoms with E-state index in [2.05, 4.69) is 16.8 Å². The Morgan fingerprint density at radius 3 is 2.72 bits per heavy atom. The summed E-state index contributed by atoms with van der Waals surface area (Å²) in [6.45, 7) is 3.65. The topological polar surface area (TPSA) is 77.4 Å². The van der Waals surface area contributed by atoms with Crippen molar-refractivity contribution in [3.63, 3.8) is 0 Å². The largest absolute Gasteiger partial charge is 0.464 e. The molecule has 0 fully saturated rings. The van der Waals surface area contributed by atoms with Gasteiger partial charge in [0.1, 0.15) is 5.76 Å². The lowest BCUT2D eigenvalue weighted by Crippen LogP contribution is -2.11. The molecule has 0 aliphatic heterocycles. The van der Waals surface area contributed by atoms with Crippen LogP contribution in [0.5, 0.6) is 0 Å². The second-order valence-electron chi connectivity index (χ2n) is 3.38. The summed E-state index contributed by atoms with van der Waals surface area (Å²) < 4.78 is 27.6. The van der Waals surface area contributed by atoms with Gasteiger partial charge in [-0.05, 0) is 18.2 Å². The molecule has 0 spiro atoms. The van der Waals surface area contributed by atoms with E-state index in [1.807, 2.05) is 0 Å². The minimum atomic E-state index is -3.43. The molecule has 0 unspecified atom stereocenters. The van der Waals surface area contributed by atoms with Crippen molar-refractivity contribution in [2.45, 2.75) is 0 Å². The molecule has 0 atom stereocenters. The predicted molar refractivity (Wildman–Crippen MR) is 67.6 cm³/mol. The Balaban J connectivity index is 2.67. The van der Waals surface area contributed by atoms with Crippen molar-refractivity contribution in [3.05, 3.63) is 30.7 Å². The number of hydrogen-bond acceptors (Lipinski definition) is 5. The number of aromatic nitrogens is 2. The van der Waals surface area contributed by atoms with Gasteiger partial charge in [-0.15, -0.1) is 0 Å². The molecule has 0 saturated carbocycles. The van der Waals surface area contributed by atoms with E-state index in [0.29, 0.717) is 17.0 Å². The van der Waals surface area contributed by atoms with Crippen molar-refractivity contribution in [3.8, 4) is 11.3 Å². The van der Waals surface area contributed by atoms with Gasteiger partial charge in [-0.25, -0.2) is 0 Å². The molecule has 18 heavy (non-hydrogen) atoms. The normalized spacial score (nSPS) is 11.7. The quantitative estimate of drug-likeness (QED) is 0.842. The molecule has 0 aliphatic carbocycles. The van der Waals surface area contributed by atoms with Gasteiger partial charge in [-0.1, -0.05) is 6.58 Å². The van der Waals surface area contributed by atoms with Crippen LogP contribution in [0.4, 0.5) is 0 Å². The van der Waals surface area contributed by atoms with E-state index >= 15 is 0 Å². The Labute approximate surface area is 104 Å². The highest BCUT2D eigenvalue weighted by molar-refractivity contribution is 7.62. The lowest BCUT2D eigenvalue weighted by molar-refractivity contribution is 0.286. The second-order valence-corrected chi connectivity index (χ2v) is 5.55. The Morgan fingerprint density at radius 1 is 1.50 bits per heavy atom. The van der Waals surface area contributed by atoms with Crippen LogP contribution in [0.2, 0.25) is 0 Å². The Morgan fingerprint density at radius 2 is 2.22 bits per heavy atom. The van der Waals surface area contributed by atoms with E-state index in [9.17, 15) is 4.57 Å². The van der Waals surface area contributed by atoms with E-state index in [0.717, 1.165) is 0 Å². The third kappa shape index (κ3) is 1.95. The number of rotatable bonds is 5. The highest BCUT2D eigenvalue weighted by atomic mass is 31.2. The number of furan rings is 1. The van der Waals surface area contributed by atoms with Gasteiger partial charge in [0.15, 0.2) is 5.44 Å². The number of nitrogens with zero attached hydrogens (tertiary/aromatic N) is 1. The molecule has 0 bridgehead atoms. The molecule has 2 aromatic rings. The molecule has 0 amide bonds. The van der Waals surface area contributed by atoms with Crippen LogP contribution >= 0.6 is 7.60 Å². The molecule has 96 valence electrons. The van der Waals surface area contributed by atoms with Crippen LogP contribution in [0.3, 0.4) is 0 Å². The summed E-state index contributed by atoms with van der Waals surface area (Å²) in [5.74, 6) is 0.517. The Bertz CT molecular complexity index is 580. The van der Waals surface area contributed by atoms with E-state index in [-0.39, 0.29) is 5.44 Å². The van der Waals surface area contributed by atoms with Crippen LogP contribution in [0, 0.1) is 0 Å². The van der Waals surface area contributed by atoms with Crippen molar-refractivity contribution in [2.24, 2.45) is 0 Å². The summed E-state index contributed by atoms with van der Waals surface area (Å²) in [6, 6.07) is 3.46. The molecule has 6 nitrogen and oxygen atoms in total. The van der Waals surface area contributed by atoms with Crippen molar-refractivity contribution in [1.82, 2.24) is 10.2 Å². The summed E-state index contributed by atoms with van der Waals surface area (Å²) in [6.07, 6.45) is 3.05. The molecule has 0 aliphatic rings. The number of H-pyrrole nitrogens is 1. The van der Waals surface area contributed by atoms with Gasteiger partial charge in [-0.3, -0.25) is 9.66 Å². The van der Waals surface area contributed by atoms with Crippen molar-refractivity contribution in [2.75, 3.05) is 14.2 Å². The van der Waals surface area contributed by atoms with Crippen molar-refractivity contribution >= 4 is 19.1 Å². The maximum atomic E-state index is 12.4. The molecule has 2 heterocycles. The molecule has 0 radical (unpaired) electrons. The maximum absolute atomic E-state index is 12.4. The molecular formula is C11H13N2O4P. The summed E-state index contributed by atoms with van der Waals surface area (Å²) in [5.41, 5.74) is 1.30. The first-order valence-electron chi connectivity index (χ1n) is 5.13. The molecule has 0 saturated heterocycles. The van der Waals surface area contributed by atoms with Gasteiger partial charge in [0.05, 0.1) is 17.5 Å². The molecular weight excluding hydrogens is 255 g/mol. The van der Waals surface area contributed by atoms with E-state index in [4.69, 9.17) is 13.5 Å². The average molecular weight is 268 g/mol. The van der Waals surface area contributed by atoms with Crippen LogP contribution in [0.1, 0.15) is 5.69 Å². The number of aromatic amines is 1. The zero-order valence-electron chi connectivity index (χ0n) is 10.0. The molecule has 2 aromatic heterocycles. The zero-order valence-corrected chi connectivity index (χ0v) is 10.9. The highest BCUT2D eigenvalue weighted by Crippen LogP contribution is 2.47. The van der Waals surface area contributed by atoms with Gasteiger partial charge in [0.2, 0.25) is 0 Å². The fourth-order valence-electron chi connectivity index (χ4n) is 1.61. The maximum Gasteiger partial charge on any atom is 0.379 e. The van der Waals surface area contributed by atoms with Gasteiger partial charge in [-0.2, -0.15) is 5.10 Å². The smallest absolute Gasteiger partial charge is 0.379 e. The molecule has 1 N–H and O–H groups in total. The molecule has 7 heteroatoms. The van der Waals surface area contributed by atoms with Crippen LogP contribution in [0.25, 0.3) is 17.4 Å². The minimum absolute atomic E-state index is 0.248. The average Bonchev–Trinajstić information content (AvgIpc) is 3.05. The lowest BCUT2D eigenvalue weighted by atomic mass is 10.2. The van der Waals surface area contributed by atoms with Crippen molar-refractivity contribution in [1.29, 1.82) is 0 Å². The van der Waals surface area contributed by atoms with Gasteiger partial charge in [0.25, 0.3) is 0 Å². The standard InChI is InChI=1S/C11H13N2O4P/c1-4-8-10(9-6-5-7-17-9)11(13-12-8)18(14,15-2)16-3/h4-7H,1H2,2-3H3,(H,12,13). The highest BCUT2D eigenvalue weighted by Gasteiger charge is 2.33. The van der Waals surface area contributed by atoms with Gasteiger partial charge in [0, 0.05) is 14.2 Å². The van der Waals surface area contributed by atoms with Crippen molar-refractivity contribution < 1.29 is 18.0 Å². The third-order valence-electron chi connectivity index (χ3n) is 2.49. The fraction of sp³-hybridized carbons (Fsp3) is 0.182. The Hall–Kier alpha value is -1.62. The monoisotopic (exact) mass is 268 g/mol. The third-order valence-corrected chi connectivity index (χ3v) is 4.32. The van der Waals surface area contributed by atoms with Crippen LogP contribution in [-0.4, -0.2) is 24.4 Å². The number of hydrogen-bond donors (Lipinski definition) is 1.